The number of aromatic nitrogens is 5. The second kappa shape index (κ2) is 5.26. The fourth-order valence-corrected chi connectivity index (χ4v) is 2.03. The molecule has 116 valence electrons. The molecule has 0 spiro atoms. The monoisotopic (exact) mass is 308 g/mol. The minimum absolute atomic E-state index is 0.00203. The normalized spacial score (nSPS) is 21.3. The van der Waals surface area contributed by atoms with E-state index in [0.717, 1.165) is 4.68 Å². The zero-order chi connectivity index (χ0) is 15.9. The van der Waals surface area contributed by atoms with E-state index in [0.29, 0.717) is 4.85 Å². The van der Waals surface area contributed by atoms with Crippen LogP contribution in [-0.2, 0) is 14.3 Å². The highest BCUT2D eigenvalue weighted by molar-refractivity contribution is 5.83. The quantitative estimate of drug-likeness (QED) is 0.520. The molecule has 0 aliphatic carbocycles. The number of hydrogen-bond donors (Lipinski definition) is 2. The number of fused-ring (bicyclic) bond motifs is 1. The maximum atomic E-state index is 12.3. The molecule has 11 heteroatoms. The van der Waals surface area contributed by atoms with E-state index < -0.39 is 23.9 Å². The molecule has 3 rings (SSSR count). The first kappa shape index (κ1) is 14.3. The minimum atomic E-state index is -0.832. The number of nitrogen functional groups attached to an aromatic ring is 1. The standard InChI is InChI=1S/C11H12N6O5/c1-5(18)21-4-6-2-3-7(22-6)16-11(19)9-8(13-15-16)10(12)14-17(9)20/h2-3,6-7,20H,4H2,1H3,(H2,12,14). The Bertz CT molecular complexity index is 783. The van der Waals surface area contributed by atoms with Gasteiger partial charge in [-0.05, 0) is 0 Å². The number of rotatable bonds is 3. The zero-order valence-corrected chi connectivity index (χ0v) is 11.4. The van der Waals surface area contributed by atoms with Gasteiger partial charge >= 0.3 is 11.5 Å². The van der Waals surface area contributed by atoms with Gasteiger partial charge < -0.3 is 20.4 Å². The molecule has 1 aliphatic heterocycles. The molecule has 1 aliphatic rings. The molecular formula is C11H12N6O5. The van der Waals surface area contributed by atoms with Gasteiger partial charge in [0.15, 0.2) is 23.1 Å². The number of nitrogens with two attached hydrogens (primary N) is 1. The van der Waals surface area contributed by atoms with Gasteiger partial charge in [0.05, 0.1) is 6.10 Å². The van der Waals surface area contributed by atoms with Gasteiger partial charge in [-0.3, -0.25) is 9.59 Å². The molecule has 0 aromatic carbocycles. The van der Waals surface area contributed by atoms with Crippen LogP contribution in [0.3, 0.4) is 0 Å². The Labute approximate surface area is 123 Å². The van der Waals surface area contributed by atoms with Gasteiger partial charge in [0, 0.05) is 19.8 Å². The molecule has 0 amide bonds. The number of nitrogens with zero attached hydrogens (tertiary/aromatic N) is 5. The fourth-order valence-electron chi connectivity index (χ4n) is 2.03. The van der Waals surface area contributed by atoms with Crippen LogP contribution in [0.4, 0.5) is 5.82 Å². The van der Waals surface area contributed by atoms with Crippen molar-refractivity contribution in [2.45, 2.75) is 19.3 Å². The lowest BCUT2D eigenvalue weighted by Gasteiger charge is -2.13. The summed E-state index contributed by atoms with van der Waals surface area (Å²) in [5.41, 5.74) is 4.64. The molecule has 3 heterocycles. The molecule has 2 unspecified atom stereocenters. The van der Waals surface area contributed by atoms with Crippen molar-refractivity contribution in [1.82, 2.24) is 24.9 Å². The predicted octanol–water partition coefficient (Wildman–Crippen LogP) is -1.32. The highest BCUT2D eigenvalue weighted by Gasteiger charge is 2.31. The summed E-state index contributed by atoms with van der Waals surface area (Å²) in [6.07, 6.45) is 1.87. The van der Waals surface area contributed by atoms with Gasteiger partial charge in [-0.2, -0.15) is 4.68 Å². The van der Waals surface area contributed by atoms with E-state index in [1.807, 2.05) is 0 Å². The van der Waals surface area contributed by atoms with Crippen LogP contribution in [0.1, 0.15) is 13.2 Å². The van der Waals surface area contributed by atoms with Crippen molar-refractivity contribution in [1.29, 1.82) is 0 Å². The number of carbonyl (C=O) groups is 1. The van der Waals surface area contributed by atoms with Crippen LogP contribution >= 0.6 is 0 Å². The van der Waals surface area contributed by atoms with Crippen LogP contribution < -0.4 is 11.3 Å². The van der Waals surface area contributed by atoms with Gasteiger partial charge in [0.25, 0.3) is 0 Å². The number of anilines is 1. The maximum Gasteiger partial charge on any atom is 0.302 e. The lowest BCUT2D eigenvalue weighted by molar-refractivity contribution is -0.145. The van der Waals surface area contributed by atoms with E-state index in [1.165, 1.54) is 6.92 Å². The van der Waals surface area contributed by atoms with Gasteiger partial charge in [-0.1, -0.05) is 10.1 Å². The van der Waals surface area contributed by atoms with E-state index in [9.17, 15) is 14.8 Å². The second-order valence-corrected chi connectivity index (χ2v) is 4.56. The lowest BCUT2D eigenvalue weighted by Crippen LogP contribution is -2.30. The summed E-state index contributed by atoms with van der Waals surface area (Å²) in [6.45, 7) is 1.31. The van der Waals surface area contributed by atoms with Crippen LogP contribution in [0, 0.1) is 12.8 Å². The number of esters is 1. The van der Waals surface area contributed by atoms with Gasteiger partial charge in [0.1, 0.15) is 6.61 Å². The van der Waals surface area contributed by atoms with Crippen LogP contribution in [0.15, 0.2) is 4.79 Å². The van der Waals surface area contributed by atoms with Crippen molar-refractivity contribution in [3.05, 3.63) is 23.2 Å². The fraction of sp³-hybridized carbons (Fsp3) is 0.364. The van der Waals surface area contributed by atoms with Crippen molar-refractivity contribution < 1.29 is 19.5 Å². The Morgan fingerprint density at radius 1 is 1.55 bits per heavy atom. The van der Waals surface area contributed by atoms with Crippen LogP contribution in [-0.4, -0.2) is 48.8 Å². The van der Waals surface area contributed by atoms with Crippen molar-refractivity contribution in [3.8, 4) is 0 Å². The Morgan fingerprint density at radius 2 is 2.32 bits per heavy atom. The average Bonchev–Trinajstić information content (AvgIpc) is 3.03. The molecule has 2 aromatic heterocycles. The summed E-state index contributed by atoms with van der Waals surface area (Å²) in [6, 6.07) is 0. The molecule has 2 radical (unpaired) electrons. The molecule has 0 bridgehead atoms. The summed E-state index contributed by atoms with van der Waals surface area (Å²) in [5.74, 6) is -0.539. The van der Waals surface area contributed by atoms with Crippen molar-refractivity contribution in [3.63, 3.8) is 0 Å². The first-order chi connectivity index (χ1) is 10.5. The number of carbonyl (C=O) groups excluding carboxylic acids is 1. The molecule has 1 saturated heterocycles. The summed E-state index contributed by atoms with van der Waals surface area (Å²) >= 11 is 0. The van der Waals surface area contributed by atoms with Crippen LogP contribution in [0.5, 0.6) is 0 Å². The summed E-state index contributed by atoms with van der Waals surface area (Å²) < 4.78 is 11.3. The Kier molecular flexibility index (Phi) is 3.41. The van der Waals surface area contributed by atoms with E-state index in [1.54, 1.807) is 12.8 Å². The minimum Gasteiger partial charge on any atom is -0.463 e. The molecule has 2 atom stereocenters. The Hall–Kier alpha value is -2.69. The lowest BCUT2D eigenvalue weighted by atomic mass is 10.2. The molecule has 11 nitrogen and oxygen atoms in total. The molecule has 0 saturated carbocycles. The van der Waals surface area contributed by atoms with Crippen molar-refractivity contribution in [2.75, 3.05) is 12.3 Å². The smallest absolute Gasteiger partial charge is 0.302 e. The third-order valence-corrected chi connectivity index (χ3v) is 3.02. The van der Waals surface area contributed by atoms with Crippen LogP contribution in [0.2, 0.25) is 0 Å². The van der Waals surface area contributed by atoms with Gasteiger partial charge in [-0.25, -0.2) is 0 Å². The van der Waals surface area contributed by atoms with E-state index >= 15 is 0 Å². The predicted molar refractivity (Wildman–Crippen MR) is 70.3 cm³/mol. The van der Waals surface area contributed by atoms with E-state index in [2.05, 4.69) is 15.4 Å². The van der Waals surface area contributed by atoms with Gasteiger partial charge in [0.2, 0.25) is 0 Å². The molecule has 2 aromatic rings. The Morgan fingerprint density at radius 3 is 3.05 bits per heavy atom. The maximum absolute atomic E-state index is 12.3. The summed E-state index contributed by atoms with van der Waals surface area (Å²) in [5, 5.41) is 20.5. The highest BCUT2D eigenvalue weighted by Crippen LogP contribution is 2.25. The second-order valence-electron chi connectivity index (χ2n) is 4.56. The van der Waals surface area contributed by atoms with Crippen molar-refractivity contribution >= 4 is 22.8 Å². The van der Waals surface area contributed by atoms with E-state index in [4.69, 9.17) is 15.2 Å². The van der Waals surface area contributed by atoms with Gasteiger partial charge in [-0.15, -0.1) is 10.2 Å². The topological polar surface area (TPSA) is 147 Å². The van der Waals surface area contributed by atoms with Crippen LogP contribution in [0.25, 0.3) is 11.0 Å². The summed E-state index contributed by atoms with van der Waals surface area (Å²) in [4.78, 5) is 23.4. The average molecular weight is 308 g/mol. The van der Waals surface area contributed by atoms with Crippen molar-refractivity contribution in [2.24, 2.45) is 0 Å². The van der Waals surface area contributed by atoms with E-state index in [-0.39, 0.29) is 23.5 Å². The first-order valence-electron chi connectivity index (χ1n) is 6.27. The third-order valence-electron chi connectivity index (χ3n) is 3.02. The number of ether oxygens (including phenoxy) is 2. The summed E-state index contributed by atoms with van der Waals surface area (Å²) in [7, 11) is 0. The molecular weight excluding hydrogens is 296 g/mol. The number of hydrogen-bond acceptors (Lipinski definition) is 9. The highest BCUT2D eigenvalue weighted by atomic mass is 16.6. The molecule has 22 heavy (non-hydrogen) atoms. The largest absolute Gasteiger partial charge is 0.463 e. The third kappa shape index (κ3) is 2.35. The Balaban J connectivity index is 1.86. The zero-order valence-electron chi connectivity index (χ0n) is 11.4. The molecule has 1 fully saturated rings. The first-order valence-corrected chi connectivity index (χ1v) is 6.27. The SMILES string of the molecule is CC(=O)OCC1[CH][CH]C(n2nnc3c(N)nn(O)c3c2=O)O1. The molecule has 3 N–H and O–H groups in total.